The fraction of sp³-hybridized carbons (Fsp3) is 0.188. The maximum atomic E-state index is 12.2. The molecule has 148 valence electrons. The molecule has 0 aliphatic rings. The summed E-state index contributed by atoms with van der Waals surface area (Å²) in [6.45, 7) is 0. The van der Waals surface area contributed by atoms with E-state index in [1.54, 1.807) is 30.3 Å². The van der Waals surface area contributed by atoms with Crippen molar-refractivity contribution >= 4 is 52.1 Å². The lowest BCUT2D eigenvalue weighted by Gasteiger charge is -2.26. The standard InChI is InChI=1S/C16H12Cl3N3O6/c17-16(18,19)15(20-14(23)8-10-4-2-1-3-5-10)28-13-7-6-11(21(24)25)9-12(13)22(26)27/h1-7,9,15H,8H2,(H,20,23)/t15-/m0/s1. The highest BCUT2D eigenvalue weighted by Gasteiger charge is 2.38. The number of ether oxygens (including phenoxy) is 1. The van der Waals surface area contributed by atoms with Crippen LogP contribution < -0.4 is 10.1 Å². The third-order valence-corrected chi connectivity index (χ3v) is 3.99. The molecule has 0 aliphatic carbocycles. The van der Waals surface area contributed by atoms with Crippen LogP contribution in [0.4, 0.5) is 11.4 Å². The van der Waals surface area contributed by atoms with Gasteiger partial charge in [0.2, 0.25) is 15.9 Å². The molecular weight excluding hydrogens is 437 g/mol. The number of nitro groups is 2. The van der Waals surface area contributed by atoms with Crippen molar-refractivity contribution in [3.8, 4) is 5.75 Å². The van der Waals surface area contributed by atoms with Gasteiger partial charge in [-0.15, -0.1) is 0 Å². The number of carbonyl (C=O) groups is 1. The Morgan fingerprint density at radius 3 is 2.25 bits per heavy atom. The summed E-state index contributed by atoms with van der Waals surface area (Å²) < 4.78 is 3.14. The van der Waals surface area contributed by atoms with Gasteiger partial charge in [-0.05, 0) is 11.6 Å². The number of hydrogen-bond donors (Lipinski definition) is 1. The summed E-state index contributed by atoms with van der Waals surface area (Å²) in [5.41, 5.74) is -0.548. The quantitative estimate of drug-likeness (QED) is 0.296. The van der Waals surface area contributed by atoms with Crippen LogP contribution in [-0.4, -0.2) is 25.8 Å². The summed E-state index contributed by atoms with van der Waals surface area (Å²) in [5.74, 6) is -0.973. The predicted molar refractivity (Wildman–Crippen MR) is 103 cm³/mol. The maximum absolute atomic E-state index is 12.2. The monoisotopic (exact) mass is 447 g/mol. The van der Waals surface area contributed by atoms with Gasteiger partial charge in [0.25, 0.3) is 5.69 Å². The SMILES string of the molecule is O=C(Cc1ccccc1)N[C@@H](Oc1ccc([N+](=O)[O-])cc1[N+](=O)[O-])C(Cl)(Cl)Cl. The van der Waals surface area contributed by atoms with Crippen LogP contribution in [0.25, 0.3) is 0 Å². The average Bonchev–Trinajstić information content (AvgIpc) is 2.61. The van der Waals surface area contributed by atoms with Crippen molar-refractivity contribution in [1.82, 2.24) is 5.32 Å². The number of nitrogens with zero attached hydrogens (tertiary/aromatic N) is 2. The Balaban J connectivity index is 2.24. The molecule has 2 aromatic carbocycles. The summed E-state index contributed by atoms with van der Waals surface area (Å²) in [6.07, 6.45) is -1.64. The van der Waals surface area contributed by atoms with Crippen LogP contribution >= 0.6 is 34.8 Å². The van der Waals surface area contributed by atoms with Crippen molar-refractivity contribution in [2.45, 2.75) is 16.4 Å². The number of benzene rings is 2. The highest BCUT2D eigenvalue weighted by molar-refractivity contribution is 6.68. The van der Waals surface area contributed by atoms with Gasteiger partial charge in [0.15, 0.2) is 5.75 Å². The Kier molecular flexibility index (Phi) is 7.00. The van der Waals surface area contributed by atoms with Gasteiger partial charge < -0.3 is 10.1 Å². The second-order valence-corrected chi connectivity index (χ2v) is 7.80. The average molecular weight is 449 g/mol. The molecule has 28 heavy (non-hydrogen) atoms. The van der Waals surface area contributed by atoms with Gasteiger partial charge in [-0.2, -0.15) is 0 Å². The van der Waals surface area contributed by atoms with Crippen LogP contribution in [-0.2, 0) is 11.2 Å². The zero-order valence-electron chi connectivity index (χ0n) is 13.9. The number of rotatable bonds is 7. The first-order chi connectivity index (χ1) is 13.1. The minimum absolute atomic E-state index is 0.0518. The van der Waals surface area contributed by atoms with Crippen LogP contribution in [0.15, 0.2) is 48.5 Å². The molecule has 0 radical (unpaired) electrons. The molecule has 0 heterocycles. The van der Waals surface area contributed by atoms with Crippen LogP contribution in [0.5, 0.6) is 5.75 Å². The van der Waals surface area contributed by atoms with Crippen molar-refractivity contribution in [2.24, 2.45) is 0 Å². The summed E-state index contributed by atoms with van der Waals surface area (Å²) in [7, 11) is 0. The van der Waals surface area contributed by atoms with E-state index in [9.17, 15) is 25.0 Å². The molecule has 0 saturated heterocycles. The molecule has 0 saturated carbocycles. The van der Waals surface area contributed by atoms with Crippen LogP contribution in [0, 0.1) is 20.2 Å². The first-order valence-electron chi connectivity index (χ1n) is 7.57. The van der Waals surface area contributed by atoms with Crippen molar-refractivity contribution in [3.05, 3.63) is 74.3 Å². The molecule has 2 aromatic rings. The van der Waals surface area contributed by atoms with Crippen molar-refractivity contribution < 1.29 is 19.4 Å². The molecule has 1 atom stereocenters. The van der Waals surface area contributed by atoms with Crippen molar-refractivity contribution in [1.29, 1.82) is 0 Å². The smallest absolute Gasteiger partial charge is 0.317 e. The number of nitro benzene ring substituents is 2. The molecule has 1 amide bonds. The topological polar surface area (TPSA) is 125 Å². The predicted octanol–water partition coefficient (Wildman–Crippen LogP) is 3.94. The van der Waals surface area contributed by atoms with Gasteiger partial charge in [0, 0.05) is 6.07 Å². The lowest BCUT2D eigenvalue weighted by atomic mass is 10.1. The minimum Gasteiger partial charge on any atom is -0.459 e. The van der Waals surface area contributed by atoms with Crippen LogP contribution in [0.2, 0.25) is 0 Å². The molecule has 0 aliphatic heterocycles. The summed E-state index contributed by atoms with van der Waals surface area (Å²) >= 11 is 17.5. The molecule has 2 rings (SSSR count). The molecular formula is C16H12Cl3N3O6. The second-order valence-electron chi connectivity index (χ2n) is 5.44. The molecule has 12 heteroatoms. The third kappa shape index (κ3) is 5.95. The Morgan fingerprint density at radius 1 is 1.07 bits per heavy atom. The van der Waals surface area contributed by atoms with Gasteiger partial charge in [0.1, 0.15) is 0 Å². The summed E-state index contributed by atoms with van der Waals surface area (Å²) in [4.78, 5) is 32.6. The second kappa shape index (κ2) is 9.05. The number of nitrogens with one attached hydrogen (secondary N) is 1. The van der Waals surface area contributed by atoms with E-state index in [0.717, 1.165) is 12.1 Å². The molecule has 1 N–H and O–H groups in total. The van der Waals surface area contributed by atoms with Crippen molar-refractivity contribution in [2.75, 3.05) is 0 Å². The van der Waals surface area contributed by atoms with E-state index in [0.29, 0.717) is 11.6 Å². The van der Waals surface area contributed by atoms with Crippen molar-refractivity contribution in [3.63, 3.8) is 0 Å². The maximum Gasteiger partial charge on any atom is 0.317 e. The van der Waals surface area contributed by atoms with Gasteiger partial charge >= 0.3 is 5.69 Å². The Bertz CT molecular complexity index is 889. The Morgan fingerprint density at radius 2 is 1.71 bits per heavy atom. The lowest BCUT2D eigenvalue weighted by molar-refractivity contribution is -0.394. The fourth-order valence-corrected chi connectivity index (χ4v) is 2.44. The van der Waals surface area contributed by atoms with Gasteiger partial charge in [-0.25, -0.2) is 0 Å². The van der Waals surface area contributed by atoms with E-state index in [4.69, 9.17) is 39.5 Å². The third-order valence-electron chi connectivity index (χ3n) is 3.39. The summed E-state index contributed by atoms with van der Waals surface area (Å²) in [5, 5.41) is 24.4. The van der Waals surface area contributed by atoms with E-state index in [2.05, 4.69) is 5.32 Å². The molecule has 0 unspecified atom stereocenters. The number of hydrogen-bond acceptors (Lipinski definition) is 6. The number of alkyl halides is 3. The zero-order valence-corrected chi connectivity index (χ0v) is 16.1. The van der Waals surface area contributed by atoms with E-state index >= 15 is 0 Å². The van der Waals surface area contributed by atoms with Gasteiger partial charge in [-0.3, -0.25) is 25.0 Å². The van der Waals surface area contributed by atoms with Crippen LogP contribution in [0.3, 0.4) is 0 Å². The fourth-order valence-electron chi connectivity index (χ4n) is 2.15. The zero-order chi connectivity index (χ0) is 20.9. The highest BCUT2D eigenvalue weighted by atomic mass is 35.6. The molecule has 0 aromatic heterocycles. The Labute approximate surface area is 173 Å². The molecule has 0 fully saturated rings. The van der Waals surface area contributed by atoms with Gasteiger partial charge in [-0.1, -0.05) is 65.1 Å². The first kappa shape index (κ1) is 21.7. The summed E-state index contributed by atoms with van der Waals surface area (Å²) in [6, 6.07) is 11.4. The van der Waals surface area contributed by atoms with E-state index in [1.807, 2.05) is 0 Å². The molecule has 0 bridgehead atoms. The molecule has 9 nitrogen and oxygen atoms in total. The highest BCUT2D eigenvalue weighted by Crippen LogP contribution is 2.36. The number of amides is 1. The number of halogens is 3. The molecule has 0 spiro atoms. The van der Waals surface area contributed by atoms with Crippen LogP contribution in [0.1, 0.15) is 5.56 Å². The Hall–Kier alpha value is -2.62. The first-order valence-corrected chi connectivity index (χ1v) is 8.71. The largest absolute Gasteiger partial charge is 0.459 e. The number of non-ortho nitro benzene ring substituents is 1. The lowest BCUT2D eigenvalue weighted by Crippen LogP contribution is -2.48. The van der Waals surface area contributed by atoms with E-state index in [1.165, 1.54) is 0 Å². The number of carbonyl (C=O) groups excluding carboxylic acids is 1. The minimum atomic E-state index is -2.18. The van der Waals surface area contributed by atoms with Gasteiger partial charge in [0.05, 0.1) is 22.3 Å². The normalized spacial score (nSPS) is 12.1. The van der Waals surface area contributed by atoms with E-state index < -0.39 is 42.9 Å². The van der Waals surface area contributed by atoms with E-state index in [-0.39, 0.29) is 6.42 Å².